The summed E-state index contributed by atoms with van der Waals surface area (Å²) in [5.41, 5.74) is 0.988. The summed E-state index contributed by atoms with van der Waals surface area (Å²) in [5.74, 6) is 1.72. The summed E-state index contributed by atoms with van der Waals surface area (Å²) in [4.78, 5) is 11.1. The number of likely N-dealkylation sites (N-methyl/N-ethyl adjacent to an activating group) is 1. The maximum atomic E-state index is 5.09. The average molecular weight is 238 g/mol. The predicted molar refractivity (Wildman–Crippen MR) is 69.1 cm³/mol. The highest BCUT2D eigenvalue weighted by atomic mass is 16.5. The Labute approximate surface area is 103 Å². The molecule has 0 atom stereocenters. The molecule has 0 saturated heterocycles. The van der Waals surface area contributed by atoms with Crippen LogP contribution in [0.1, 0.15) is 18.4 Å². The number of methoxy groups -OCH3 is 1. The van der Waals surface area contributed by atoms with Crippen molar-refractivity contribution in [2.24, 2.45) is 0 Å². The molecule has 0 bridgehead atoms. The Kier molecular flexibility index (Phi) is 5.86. The van der Waals surface area contributed by atoms with Crippen LogP contribution in [0.25, 0.3) is 0 Å². The van der Waals surface area contributed by atoms with Crippen LogP contribution in [0.2, 0.25) is 0 Å². The molecule has 0 aliphatic rings. The molecule has 0 aliphatic heterocycles. The number of aromatic nitrogens is 2. The standard InChI is InChI=1S/C12H22N4O/c1-5-16(6-7-17-4)9-12-14-10(2)8-11(13-3)15-12/h8H,5-7,9H2,1-4H3,(H,13,14,15). The maximum Gasteiger partial charge on any atom is 0.144 e. The number of nitrogens with one attached hydrogen (secondary N) is 1. The van der Waals surface area contributed by atoms with Crippen LogP contribution in [0, 0.1) is 6.92 Å². The van der Waals surface area contributed by atoms with Crippen LogP contribution < -0.4 is 5.32 Å². The van der Waals surface area contributed by atoms with Crippen molar-refractivity contribution in [1.82, 2.24) is 14.9 Å². The van der Waals surface area contributed by atoms with Crippen molar-refractivity contribution in [2.45, 2.75) is 20.4 Å². The van der Waals surface area contributed by atoms with Crippen molar-refractivity contribution >= 4 is 5.82 Å². The molecule has 1 heterocycles. The number of aryl methyl sites for hydroxylation is 1. The molecule has 5 heteroatoms. The first kappa shape index (κ1) is 13.9. The van der Waals surface area contributed by atoms with Crippen molar-refractivity contribution in [3.8, 4) is 0 Å². The molecule has 1 aromatic heterocycles. The molecule has 5 nitrogen and oxygen atoms in total. The van der Waals surface area contributed by atoms with Gasteiger partial charge in [0.25, 0.3) is 0 Å². The van der Waals surface area contributed by atoms with E-state index in [1.807, 2.05) is 20.0 Å². The van der Waals surface area contributed by atoms with Gasteiger partial charge in [0.1, 0.15) is 11.6 Å². The highest BCUT2D eigenvalue weighted by Crippen LogP contribution is 2.07. The number of anilines is 1. The van der Waals surface area contributed by atoms with Crippen LogP contribution in [0.15, 0.2) is 6.07 Å². The van der Waals surface area contributed by atoms with E-state index in [1.165, 1.54) is 0 Å². The minimum absolute atomic E-state index is 0.735. The van der Waals surface area contributed by atoms with E-state index in [0.29, 0.717) is 0 Å². The van der Waals surface area contributed by atoms with E-state index in [0.717, 1.165) is 43.6 Å². The maximum absolute atomic E-state index is 5.09. The van der Waals surface area contributed by atoms with E-state index in [4.69, 9.17) is 4.74 Å². The van der Waals surface area contributed by atoms with E-state index < -0.39 is 0 Å². The zero-order chi connectivity index (χ0) is 12.7. The summed E-state index contributed by atoms with van der Waals surface area (Å²) in [6, 6.07) is 1.94. The third kappa shape index (κ3) is 4.66. The molecule has 0 radical (unpaired) electrons. The van der Waals surface area contributed by atoms with Gasteiger partial charge >= 0.3 is 0 Å². The van der Waals surface area contributed by atoms with Crippen molar-refractivity contribution in [3.05, 3.63) is 17.6 Å². The molecule has 17 heavy (non-hydrogen) atoms. The Bertz CT molecular complexity index is 343. The van der Waals surface area contributed by atoms with Gasteiger partial charge in [0.05, 0.1) is 13.2 Å². The predicted octanol–water partition coefficient (Wildman–Crippen LogP) is 1.30. The van der Waals surface area contributed by atoms with Gasteiger partial charge in [0.15, 0.2) is 0 Å². The molecule has 1 N–H and O–H groups in total. The molecule has 0 saturated carbocycles. The van der Waals surface area contributed by atoms with Gasteiger partial charge in [-0.2, -0.15) is 0 Å². The van der Waals surface area contributed by atoms with Gasteiger partial charge in [-0.25, -0.2) is 9.97 Å². The van der Waals surface area contributed by atoms with Crippen molar-refractivity contribution in [3.63, 3.8) is 0 Å². The quantitative estimate of drug-likeness (QED) is 0.776. The van der Waals surface area contributed by atoms with E-state index in [2.05, 4.69) is 27.1 Å². The highest BCUT2D eigenvalue weighted by molar-refractivity contribution is 5.34. The van der Waals surface area contributed by atoms with Gasteiger partial charge in [-0.1, -0.05) is 6.92 Å². The molecule has 0 spiro atoms. The Balaban J connectivity index is 2.68. The first-order valence-corrected chi connectivity index (χ1v) is 5.93. The first-order valence-electron chi connectivity index (χ1n) is 5.93. The third-order valence-corrected chi connectivity index (χ3v) is 2.58. The van der Waals surface area contributed by atoms with E-state index >= 15 is 0 Å². The van der Waals surface area contributed by atoms with Gasteiger partial charge in [0, 0.05) is 32.5 Å². The van der Waals surface area contributed by atoms with Crippen LogP contribution in [0.3, 0.4) is 0 Å². The van der Waals surface area contributed by atoms with Crippen molar-refractivity contribution < 1.29 is 4.74 Å². The Morgan fingerprint density at radius 1 is 1.41 bits per heavy atom. The van der Waals surface area contributed by atoms with Crippen molar-refractivity contribution in [1.29, 1.82) is 0 Å². The summed E-state index contributed by atoms with van der Waals surface area (Å²) in [5, 5.41) is 3.05. The van der Waals surface area contributed by atoms with Crippen LogP contribution >= 0.6 is 0 Å². The minimum Gasteiger partial charge on any atom is -0.383 e. The van der Waals surface area contributed by atoms with Crippen LogP contribution in [0.4, 0.5) is 5.82 Å². The fourth-order valence-electron chi connectivity index (χ4n) is 1.60. The molecular weight excluding hydrogens is 216 g/mol. The molecule has 1 rings (SSSR count). The monoisotopic (exact) mass is 238 g/mol. The van der Waals surface area contributed by atoms with Gasteiger partial charge in [-0.05, 0) is 13.5 Å². The third-order valence-electron chi connectivity index (χ3n) is 2.58. The second kappa shape index (κ2) is 7.19. The topological polar surface area (TPSA) is 50.3 Å². The smallest absolute Gasteiger partial charge is 0.144 e. The summed E-state index contributed by atoms with van der Waals surface area (Å²) >= 11 is 0. The average Bonchev–Trinajstić information content (AvgIpc) is 2.33. The van der Waals surface area contributed by atoms with E-state index in [1.54, 1.807) is 7.11 Å². The summed E-state index contributed by atoms with van der Waals surface area (Å²) in [6.45, 7) is 7.48. The summed E-state index contributed by atoms with van der Waals surface area (Å²) in [7, 11) is 3.59. The molecule has 0 unspecified atom stereocenters. The molecular formula is C12H22N4O. The lowest BCUT2D eigenvalue weighted by Crippen LogP contribution is -2.27. The molecule has 0 aromatic carbocycles. The normalized spacial score (nSPS) is 10.9. The molecule has 0 aliphatic carbocycles. The number of rotatable bonds is 7. The molecule has 0 fully saturated rings. The van der Waals surface area contributed by atoms with Crippen LogP contribution in [-0.4, -0.2) is 48.7 Å². The van der Waals surface area contributed by atoms with Crippen molar-refractivity contribution in [2.75, 3.05) is 39.2 Å². The van der Waals surface area contributed by atoms with Gasteiger partial charge in [-0.15, -0.1) is 0 Å². The van der Waals surface area contributed by atoms with E-state index in [9.17, 15) is 0 Å². The fraction of sp³-hybridized carbons (Fsp3) is 0.667. The molecule has 96 valence electrons. The lowest BCUT2D eigenvalue weighted by Gasteiger charge is -2.19. The zero-order valence-corrected chi connectivity index (χ0v) is 11.2. The molecule has 0 amide bonds. The fourth-order valence-corrected chi connectivity index (χ4v) is 1.60. The Morgan fingerprint density at radius 3 is 2.76 bits per heavy atom. The van der Waals surface area contributed by atoms with E-state index in [-0.39, 0.29) is 0 Å². The Hall–Kier alpha value is -1.20. The number of hydrogen-bond acceptors (Lipinski definition) is 5. The van der Waals surface area contributed by atoms with Gasteiger partial charge < -0.3 is 10.1 Å². The second-order valence-corrected chi connectivity index (χ2v) is 3.92. The minimum atomic E-state index is 0.735. The lowest BCUT2D eigenvalue weighted by molar-refractivity contribution is 0.146. The Morgan fingerprint density at radius 2 is 2.18 bits per heavy atom. The van der Waals surface area contributed by atoms with Crippen LogP contribution in [0.5, 0.6) is 0 Å². The largest absolute Gasteiger partial charge is 0.383 e. The van der Waals surface area contributed by atoms with Crippen LogP contribution in [-0.2, 0) is 11.3 Å². The van der Waals surface area contributed by atoms with Gasteiger partial charge in [0.2, 0.25) is 0 Å². The zero-order valence-electron chi connectivity index (χ0n) is 11.2. The number of hydrogen-bond donors (Lipinski definition) is 1. The SMILES string of the molecule is CCN(CCOC)Cc1nc(C)cc(NC)n1. The summed E-state index contributed by atoms with van der Waals surface area (Å²) < 4.78 is 5.09. The second-order valence-electron chi connectivity index (χ2n) is 3.92. The highest BCUT2D eigenvalue weighted by Gasteiger charge is 2.07. The molecule has 1 aromatic rings. The number of ether oxygens (including phenoxy) is 1. The first-order chi connectivity index (χ1) is 8.19. The summed E-state index contributed by atoms with van der Waals surface area (Å²) in [6.07, 6.45) is 0. The van der Waals surface area contributed by atoms with Gasteiger partial charge in [-0.3, -0.25) is 4.90 Å². The lowest BCUT2D eigenvalue weighted by atomic mass is 10.4. The number of nitrogens with zero attached hydrogens (tertiary/aromatic N) is 3.